The molecule has 0 radical (unpaired) electrons. The molecule has 20 heavy (non-hydrogen) atoms. The number of nitrogens with one attached hydrogen (secondary N) is 1. The van der Waals surface area contributed by atoms with Crippen molar-refractivity contribution in [3.05, 3.63) is 10.6 Å². The third-order valence-corrected chi connectivity index (χ3v) is 5.07. The molecule has 1 aliphatic rings. The highest BCUT2D eigenvalue weighted by molar-refractivity contribution is 7.15. The summed E-state index contributed by atoms with van der Waals surface area (Å²) in [5, 5.41) is 4.58. The maximum Gasteiger partial charge on any atom is 0.186 e. The lowest BCUT2D eigenvalue weighted by Crippen LogP contribution is -2.32. The van der Waals surface area contributed by atoms with E-state index in [4.69, 9.17) is 9.72 Å². The predicted molar refractivity (Wildman–Crippen MR) is 85.5 cm³/mol. The summed E-state index contributed by atoms with van der Waals surface area (Å²) < 4.78 is 5.30. The van der Waals surface area contributed by atoms with Crippen LogP contribution in [0.3, 0.4) is 0 Å². The Bertz CT molecular complexity index is 402. The van der Waals surface area contributed by atoms with Gasteiger partial charge in [0.2, 0.25) is 0 Å². The van der Waals surface area contributed by atoms with E-state index in [0.717, 1.165) is 25.3 Å². The molecule has 1 fully saturated rings. The van der Waals surface area contributed by atoms with Gasteiger partial charge in [0, 0.05) is 31.1 Å². The van der Waals surface area contributed by atoms with Gasteiger partial charge in [0.25, 0.3) is 0 Å². The van der Waals surface area contributed by atoms with E-state index in [1.54, 1.807) is 7.11 Å². The fourth-order valence-corrected chi connectivity index (χ4v) is 4.05. The molecule has 0 aliphatic heterocycles. The van der Waals surface area contributed by atoms with E-state index < -0.39 is 0 Å². The molecule has 0 unspecified atom stereocenters. The number of thiazole rings is 1. The van der Waals surface area contributed by atoms with E-state index in [2.05, 4.69) is 24.1 Å². The lowest BCUT2D eigenvalue weighted by atomic mass is 10.2. The predicted octanol–water partition coefficient (Wildman–Crippen LogP) is 3.17. The van der Waals surface area contributed by atoms with Crippen molar-refractivity contribution in [2.24, 2.45) is 0 Å². The van der Waals surface area contributed by atoms with E-state index in [-0.39, 0.29) is 0 Å². The Hall–Kier alpha value is -0.650. The van der Waals surface area contributed by atoms with E-state index >= 15 is 0 Å². The van der Waals surface area contributed by atoms with Gasteiger partial charge in [-0.15, -0.1) is 11.3 Å². The van der Waals surface area contributed by atoms with Crippen LogP contribution < -0.4 is 10.2 Å². The zero-order valence-corrected chi connectivity index (χ0v) is 13.8. The average Bonchev–Trinajstić information content (AvgIpc) is 3.09. The van der Waals surface area contributed by atoms with Gasteiger partial charge in [-0.1, -0.05) is 19.8 Å². The monoisotopic (exact) mass is 297 g/mol. The molecule has 1 aromatic heterocycles. The molecule has 1 saturated carbocycles. The molecule has 0 spiro atoms. The van der Waals surface area contributed by atoms with Crippen molar-refractivity contribution in [1.82, 2.24) is 10.3 Å². The largest absolute Gasteiger partial charge is 0.378 e. The van der Waals surface area contributed by atoms with E-state index in [1.807, 2.05) is 11.3 Å². The normalized spacial score (nSPS) is 15.9. The lowest BCUT2D eigenvalue weighted by Gasteiger charge is -2.26. The fraction of sp³-hybridized carbons (Fsp3) is 0.800. The number of rotatable bonds is 8. The molecule has 1 N–H and O–H groups in total. The van der Waals surface area contributed by atoms with E-state index in [9.17, 15) is 0 Å². The van der Waals surface area contributed by atoms with Crippen LogP contribution in [0.25, 0.3) is 0 Å². The van der Waals surface area contributed by atoms with Crippen LogP contribution in [0, 0.1) is 0 Å². The van der Waals surface area contributed by atoms with Crippen LogP contribution in [-0.2, 0) is 17.9 Å². The summed E-state index contributed by atoms with van der Waals surface area (Å²) >= 11 is 1.83. The van der Waals surface area contributed by atoms with Crippen molar-refractivity contribution in [3.63, 3.8) is 0 Å². The van der Waals surface area contributed by atoms with Gasteiger partial charge in [0.1, 0.15) is 0 Å². The third kappa shape index (κ3) is 3.71. The van der Waals surface area contributed by atoms with Crippen molar-refractivity contribution in [2.75, 3.05) is 25.1 Å². The summed E-state index contributed by atoms with van der Waals surface area (Å²) in [5.41, 5.74) is 1.10. The van der Waals surface area contributed by atoms with Gasteiger partial charge in [-0.25, -0.2) is 4.98 Å². The molecule has 4 nitrogen and oxygen atoms in total. The van der Waals surface area contributed by atoms with Gasteiger partial charge in [0.05, 0.1) is 12.3 Å². The first-order valence-electron chi connectivity index (χ1n) is 7.75. The first kappa shape index (κ1) is 15.7. The number of methoxy groups -OCH3 is 1. The topological polar surface area (TPSA) is 37.4 Å². The molecule has 5 heteroatoms. The third-order valence-electron chi connectivity index (χ3n) is 3.94. The van der Waals surface area contributed by atoms with Crippen LogP contribution >= 0.6 is 11.3 Å². The number of aromatic nitrogens is 1. The van der Waals surface area contributed by atoms with Crippen molar-refractivity contribution in [2.45, 2.75) is 58.7 Å². The van der Waals surface area contributed by atoms with Gasteiger partial charge in [0.15, 0.2) is 5.13 Å². The molecule has 114 valence electrons. The van der Waals surface area contributed by atoms with E-state index in [1.165, 1.54) is 35.7 Å². The fourth-order valence-electron chi connectivity index (χ4n) is 2.88. The first-order valence-corrected chi connectivity index (χ1v) is 8.56. The molecule has 0 bridgehead atoms. The standard InChI is InChI=1S/C15H27N3OS/c1-4-16-10-14-13(11-19-3)17-15(20-14)18(5-2)12-8-6-7-9-12/h12,16H,4-11H2,1-3H3. The van der Waals surface area contributed by atoms with Crippen molar-refractivity contribution in [1.29, 1.82) is 0 Å². The molecule has 1 heterocycles. The van der Waals surface area contributed by atoms with Crippen LogP contribution in [0.4, 0.5) is 5.13 Å². The summed E-state index contributed by atoms with van der Waals surface area (Å²) in [6.07, 6.45) is 5.36. The maximum atomic E-state index is 5.30. The highest BCUT2D eigenvalue weighted by Gasteiger charge is 2.24. The van der Waals surface area contributed by atoms with Crippen molar-refractivity contribution < 1.29 is 4.74 Å². The lowest BCUT2D eigenvalue weighted by molar-refractivity contribution is 0.181. The maximum absolute atomic E-state index is 5.30. The Morgan fingerprint density at radius 1 is 1.35 bits per heavy atom. The Labute approximate surface area is 126 Å². The zero-order chi connectivity index (χ0) is 14.4. The zero-order valence-electron chi connectivity index (χ0n) is 12.9. The van der Waals surface area contributed by atoms with Gasteiger partial charge in [-0.3, -0.25) is 0 Å². The first-order chi connectivity index (χ1) is 9.80. The van der Waals surface area contributed by atoms with Crippen LogP contribution in [0.5, 0.6) is 0 Å². The quantitative estimate of drug-likeness (QED) is 0.800. The molecule has 0 amide bonds. The molecule has 2 rings (SSSR count). The summed E-state index contributed by atoms with van der Waals surface area (Å²) in [4.78, 5) is 8.66. The molecule has 0 atom stereocenters. The molecule has 0 aromatic carbocycles. The smallest absolute Gasteiger partial charge is 0.186 e. The van der Waals surface area contributed by atoms with Gasteiger partial charge in [-0.2, -0.15) is 0 Å². The average molecular weight is 297 g/mol. The van der Waals surface area contributed by atoms with Crippen LogP contribution in [0.1, 0.15) is 50.1 Å². The van der Waals surface area contributed by atoms with Crippen molar-refractivity contribution >= 4 is 16.5 Å². The molecular formula is C15H27N3OS. The van der Waals surface area contributed by atoms with Crippen molar-refractivity contribution in [3.8, 4) is 0 Å². The Morgan fingerprint density at radius 2 is 2.10 bits per heavy atom. The minimum atomic E-state index is 0.611. The van der Waals surface area contributed by atoms with Gasteiger partial charge >= 0.3 is 0 Å². The highest BCUT2D eigenvalue weighted by atomic mass is 32.1. The molecular weight excluding hydrogens is 270 g/mol. The summed E-state index contributed by atoms with van der Waals surface area (Å²) in [5.74, 6) is 0. The minimum absolute atomic E-state index is 0.611. The van der Waals surface area contributed by atoms with Crippen LogP contribution in [0.15, 0.2) is 0 Å². The number of ether oxygens (including phenoxy) is 1. The van der Waals surface area contributed by atoms with E-state index in [0.29, 0.717) is 12.6 Å². The molecule has 1 aromatic rings. The van der Waals surface area contributed by atoms with Gasteiger partial charge in [-0.05, 0) is 26.3 Å². The second-order valence-electron chi connectivity index (χ2n) is 5.30. The molecule has 1 aliphatic carbocycles. The summed E-state index contributed by atoms with van der Waals surface area (Å²) in [6.45, 7) is 7.91. The van der Waals surface area contributed by atoms with Crippen LogP contribution in [-0.4, -0.2) is 31.2 Å². The second kappa shape index (κ2) is 7.96. The summed E-state index contributed by atoms with van der Waals surface area (Å²) in [6, 6.07) is 0.688. The SMILES string of the molecule is CCNCc1sc(N(CC)C2CCCC2)nc1COC. The molecule has 0 saturated heterocycles. The number of hydrogen-bond acceptors (Lipinski definition) is 5. The Kier molecular flexibility index (Phi) is 6.26. The van der Waals surface area contributed by atoms with Crippen LogP contribution in [0.2, 0.25) is 0 Å². The number of nitrogens with zero attached hydrogens (tertiary/aromatic N) is 2. The Morgan fingerprint density at radius 3 is 2.70 bits per heavy atom. The van der Waals surface area contributed by atoms with Gasteiger partial charge < -0.3 is 15.0 Å². The second-order valence-corrected chi connectivity index (χ2v) is 6.37. The number of anilines is 1. The number of hydrogen-bond donors (Lipinski definition) is 1. The Balaban J connectivity index is 2.16. The minimum Gasteiger partial charge on any atom is -0.378 e. The highest BCUT2D eigenvalue weighted by Crippen LogP contribution is 2.32. The summed E-state index contributed by atoms with van der Waals surface area (Å²) in [7, 11) is 1.74.